The summed E-state index contributed by atoms with van der Waals surface area (Å²) in [4.78, 5) is 0. The van der Waals surface area contributed by atoms with E-state index in [0.29, 0.717) is 48.3 Å². The van der Waals surface area contributed by atoms with Gasteiger partial charge in [0.1, 0.15) is 36.6 Å². The minimum Gasteiger partial charge on any atom is -0.393 e. The molecule has 4 aliphatic carbocycles. The number of rotatable bonds is 4. The summed E-state index contributed by atoms with van der Waals surface area (Å²) >= 11 is 0. The van der Waals surface area contributed by atoms with E-state index in [9.17, 15) is 30.6 Å². The van der Waals surface area contributed by atoms with Crippen LogP contribution in [-0.2, 0) is 28.4 Å². The smallest absolute Gasteiger partial charge is 0.187 e. The highest BCUT2D eigenvalue weighted by molar-refractivity contribution is 5.28. The molecule has 284 valence electrons. The SMILES string of the molecule is C[C@@H]1CC[C@@]2(OC1)O[C@@H]1C[C@@H]3[C@@H]4CC=C5C[C@@H](O)C[C@@H](O[C@@H]6OC[C@H](O)[C@H](O)[C@@H]6O[C@@H]6O[C@H](C)[C@H](O)[C@H](O)[C@@H]6O)[C@]5(C)[C@@H]4CC[C@]3(C)[C@@H]1[C@@H]2C. The Bertz CT molecular complexity index is 1290. The lowest BCUT2D eigenvalue weighted by Gasteiger charge is -2.60. The zero-order chi connectivity index (χ0) is 35.5. The van der Waals surface area contributed by atoms with Gasteiger partial charge < -0.3 is 59.1 Å². The van der Waals surface area contributed by atoms with Crippen molar-refractivity contribution in [1.29, 1.82) is 0 Å². The van der Waals surface area contributed by atoms with Crippen molar-refractivity contribution in [3.63, 3.8) is 0 Å². The summed E-state index contributed by atoms with van der Waals surface area (Å²) in [6.07, 6.45) is -3.26. The molecule has 12 heteroatoms. The highest BCUT2D eigenvalue weighted by Gasteiger charge is 2.69. The van der Waals surface area contributed by atoms with Gasteiger partial charge in [0.25, 0.3) is 0 Å². The average molecular weight is 709 g/mol. The lowest BCUT2D eigenvalue weighted by atomic mass is 9.46. The number of ether oxygens (including phenoxy) is 6. The highest BCUT2D eigenvalue weighted by atomic mass is 16.8. The number of hydrogen-bond acceptors (Lipinski definition) is 12. The summed E-state index contributed by atoms with van der Waals surface area (Å²) < 4.78 is 38.0. The third-order valence-electron chi connectivity index (χ3n) is 15.2. The topological polar surface area (TPSA) is 177 Å². The van der Waals surface area contributed by atoms with Gasteiger partial charge in [-0.15, -0.1) is 0 Å². The maximum absolute atomic E-state index is 11.1. The molecule has 0 aromatic rings. The maximum atomic E-state index is 11.1. The summed E-state index contributed by atoms with van der Waals surface area (Å²) in [5.74, 6) is 2.08. The number of aliphatic hydroxyl groups is 6. The Morgan fingerprint density at radius 3 is 2.34 bits per heavy atom. The van der Waals surface area contributed by atoms with E-state index >= 15 is 0 Å². The molecule has 0 radical (unpaired) electrons. The molecule has 6 N–H and O–H groups in total. The Morgan fingerprint density at radius 1 is 0.820 bits per heavy atom. The Kier molecular flexibility index (Phi) is 9.38. The number of allylic oxidation sites excluding steroid dienone is 1. The number of hydrogen-bond donors (Lipinski definition) is 6. The van der Waals surface area contributed by atoms with Crippen LogP contribution in [0.3, 0.4) is 0 Å². The Balaban J connectivity index is 1.04. The van der Waals surface area contributed by atoms with Crippen LogP contribution < -0.4 is 0 Å². The first kappa shape index (κ1) is 36.2. The molecule has 4 saturated heterocycles. The minimum absolute atomic E-state index is 0.134. The molecule has 21 atom stereocenters. The molecular weight excluding hydrogens is 648 g/mol. The van der Waals surface area contributed by atoms with Gasteiger partial charge in [0.15, 0.2) is 18.4 Å². The second-order valence-electron chi connectivity index (χ2n) is 17.9. The summed E-state index contributed by atoms with van der Waals surface area (Å²) in [5, 5.41) is 64.1. The van der Waals surface area contributed by atoms with Crippen LogP contribution in [0, 0.1) is 46.3 Å². The fourth-order valence-electron chi connectivity index (χ4n) is 12.4. The van der Waals surface area contributed by atoms with Crippen molar-refractivity contribution < 1.29 is 59.1 Å². The van der Waals surface area contributed by atoms with Crippen LogP contribution >= 0.6 is 0 Å². The van der Waals surface area contributed by atoms with Gasteiger partial charge in [0, 0.05) is 24.2 Å². The van der Waals surface area contributed by atoms with Crippen molar-refractivity contribution in [3.8, 4) is 0 Å². The molecule has 0 bridgehead atoms. The first-order valence-electron chi connectivity index (χ1n) is 19.4. The van der Waals surface area contributed by atoms with Crippen molar-refractivity contribution in [3.05, 3.63) is 11.6 Å². The molecule has 3 saturated carbocycles. The third-order valence-corrected chi connectivity index (χ3v) is 15.2. The van der Waals surface area contributed by atoms with Crippen LogP contribution in [-0.4, -0.2) is 123 Å². The monoisotopic (exact) mass is 708 g/mol. The van der Waals surface area contributed by atoms with Crippen LogP contribution in [0.25, 0.3) is 0 Å². The molecule has 1 spiro atoms. The van der Waals surface area contributed by atoms with Crippen LogP contribution in [0.2, 0.25) is 0 Å². The Labute approximate surface area is 295 Å². The molecule has 12 nitrogen and oxygen atoms in total. The largest absolute Gasteiger partial charge is 0.393 e. The molecule has 7 fully saturated rings. The van der Waals surface area contributed by atoms with Crippen LogP contribution in [0.4, 0.5) is 0 Å². The maximum Gasteiger partial charge on any atom is 0.187 e. The average Bonchev–Trinajstić information content (AvgIpc) is 3.53. The fourth-order valence-corrected chi connectivity index (χ4v) is 12.4. The van der Waals surface area contributed by atoms with Crippen molar-refractivity contribution in [2.45, 2.75) is 165 Å². The first-order valence-corrected chi connectivity index (χ1v) is 19.4. The van der Waals surface area contributed by atoms with E-state index in [1.807, 2.05) is 0 Å². The van der Waals surface area contributed by atoms with E-state index in [-0.39, 0.29) is 18.1 Å². The molecule has 4 heterocycles. The lowest BCUT2D eigenvalue weighted by Crippen LogP contribution is -2.63. The summed E-state index contributed by atoms with van der Waals surface area (Å²) in [6.45, 7) is 11.5. The standard InChI is InChI=1S/C38H60O12/c1-17-8-11-38(46-15-17)18(2)28-26(50-38)14-24-22-7-6-20-12-21(39)13-27(37(20,5)23(22)9-10-36(24,28)4)48-35-33(30(42)25(40)16-45-35)49-34-32(44)31(43)29(41)19(3)47-34/h6,17-19,21-35,39-44H,7-16H2,1-5H3/t17-,18+,19-,21-,22-,23-,24-,25+,26-,27-,28-,29+,30+,31+,32+,33+,34+,35+,36+,37+,38-/m1/s1. The van der Waals surface area contributed by atoms with Crippen LogP contribution in [0.15, 0.2) is 11.6 Å². The molecule has 0 unspecified atom stereocenters. The second kappa shape index (κ2) is 12.9. The normalized spacial score (nSPS) is 59.3. The molecule has 50 heavy (non-hydrogen) atoms. The quantitative estimate of drug-likeness (QED) is 0.235. The van der Waals surface area contributed by atoms with Gasteiger partial charge in [-0.2, -0.15) is 0 Å². The molecule has 0 amide bonds. The minimum atomic E-state index is -1.60. The van der Waals surface area contributed by atoms with Gasteiger partial charge in [-0.1, -0.05) is 39.3 Å². The van der Waals surface area contributed by atoms with Crippen molar-refractivity contribution in [2.75, 3.05) is 13.2 Å². The van der Waals surface area contributed by atoms with E-state index in [1.165, 1.54) is 5.57 Å². The van der Waals surface area contributed by atoms with E-state index < -0.39 is 78.7 Å². The highest BCUT2D eigenvalue weighted by Crippen LogP contribution is 2.71. The predicted octanol–water partition coefficient (Wildman–Crippen LogP) is 2.00. The van der Waals surface area contributed by atoms with Gasteiger partial charge in [-0.3, -0.25) is 0 Å². The van der Waals surface area contributed by atoms with Crippen LogP contribution in [0.1, 0.15) is 86.0 Å². The lowest BCUT2D eigenvalue weighted by molar-refractivity contribution is -0.362. The van der Waals surface area contributed by atoms with E-state index in [1.54, 1.807) is 6.92 Å². The summed E-state index contributed by atoms with van der Waals surface area (Å²) in [7, 11) is 0. The number of fused-ring (bicyclic) bond motifs is 7. The molecule has 0 aromatic carbocycles. The number of aliphatic hydroxyl groups excluding tert-OH is 6. The Hall–Kier alpha value is -0.740. The van der Waals surface area contributed by atoms with Gasteiger partial charge in [0.05, 0.1) is 37.6 Å². The first-order chi connectivity index (χ1) is 23.7. The van der Waals surface area contributed by atoms with Crippen molar-refractivity contribution >= 4 is 0 Å². The van der Waals surface area contributed by atoms with E-state index in [2.05, 4.69) is 33.8 Å². The van der Waals surface area contributed by atoms with Gasteiger partial charge in [-0.25, -0.2) is 0 Å². The van der Waals surface area contributed by atoms with Crippen LogP contribution in [0.5, 0.6) is 0 Å². The van der Waals surface area contributed by atoms with Crippen molar-refractivity contribution in [1.82, 2.24) is 0 Å². The molecular formula is C38H60O12. The van der Waals surface area contributed by atoms with Gasteiger partial charge >= 0.3 is 0 Å². The molecule has 0 aromatic heterocycles. The zero-order valence-electron chi connectivity index (χ0n) is 30.2. The van der Waals surface area contributed by atoms with Gasteiger partial charge in [0.2, 0.25) is 0 Å². The van der Waals surface area contributed by atoms with E-state index in [4.69, 9.17) is 28.4 Å². The molecule has 8 rings (SSSR count). The van der Waals surface area contributed by atoms with E-state index in [0.717, 1.165) is 45.1 Å². The molecule has 8 aliphatic rings. The van der Waals surface area contributed by atoms with Crippen molar-refractivity contribution in [2.24, 2.45) is 46.3 Å². The summed E-state index contributed by atoms with van der Waals surface area (Å²) in [6, 6.07) is 0. The third kappa shape index (κ3) is 5.45. The Morgan fingerprint density at radius 2 is 1.60 bits per heavy atom. The predicted molar refractivity (Wildman–Crippen MR) is 177 cm³/mol. The molecule has 4 aliphatic heterocycles. The second-order valence-corrected chi connectivity index (χ2v) is 17.9. The fraction of sp³-hybridized carbons (Fsp3) is 0.947. The summed E-state index contributed by atoms with van der Waals surface area (Å²) in [5.41, 5.74) is 0.917. The zero-order valence-corrected chi connectivity index (χ0v) is 30.2. The van der Waals surface area contributed by atoms with Gasteiger partial charge in [-0.05, 0) is 80.5 Å².